The highest BCUT2D eigenvalue weighted by Gasteiger charge is 2.20. The summed E-state index contributed by atoms with van der Waals surface area (Å²) in [6.07, 6.45) is 5.76. The van der Waals surface area contributed by atoms with E-state index in [1.54, 1.807) is 0 Å². The van der Waals surface area contributed by atoms with Gasteiger partial charge in [-0.1, -0.05) is 30.3 Å². The maximum atomic E-state index is 12.4. The number of fused-ring (bicyclic) bond motifs is 3. The van der Waals surface area contributed by atoms with Gasteiger partial charge in [-0.2, -0.15) is 0 Å². The average molecular weight is 481 g/mol. The number of rotatable bonds is 7. The molecule has 0 spiro atoms. The summed E-state index contributed by atoms with van der Waals surface area (Å²) in [6.45, 7) is 2.49. The van der Waals surface area contributed by atoms with Crippen molar-refractivity contribution < 1.29 is 13.9 Å². The molecule has 36 heavy (non-hydrogen) atoms. The number of aromatic nitrogens is 1. The summed E-state index contributed by atoms with van der Waals surface area (Å²) in [5.41, 5.74) is 7.16. The Balaban J connectivity index is 1.36. The number of pyridine rings is 1. The maximum Gasteiger partial charge on any atom is 0.336 e. The van der Waals surface area contributed by atoms with E-state index in [1.807, 2.05) is 43.5 Å². The number of aliphatic hydroxyl groups is 1. The van der Waals surface area contributed by atoms with Crippen LogP contribution in [-0.4, -0.2) is 22.7 Å². The first-order chi connectivity index (χ1) is 17.6. The number of furan rings is 1. The first kappa shape index (κ1) is 22.7. The zero-order valence-corrected chi connectivity index (χ0v) is 20.2. The molecule has 1 atom stereocenters. The van der Waals surface area contributed by atoms with E-state index in [2.05, 4.69) is 28.5 Å². The van der Waals surface area contributed by atoms with Gasteiger partial charge in [-0.3, -0.25) is 4.98 Å². The number of aliphatic hydroxyl groups excluding tert-OH is 1. The molecule has 6 nitrogen and oxygen atoms in total. The molecule has 182 valence electrons. The van der Waals surface area contributed by atoms with E-state index in [9.17, 15) is 9.90 Å². The third-order valence-electron chi connectivity index (χ3n) is 7.17. The Kier molecular flexibility index (Phi) is 5.91. The van der Waals surface area contributed by atoms with Gasteiger partial charge in [0.05, 0.1) is 12.3 Å². The fraction of sp³-hybridized carbons (Fsp3) is 0.267. The summed E-state index contributed by atoms with van der Waals surface area (Å²) in [6, 6.07) is 17.7. The Morgan fingerprint density at radius 2 is 1.83 bits per heavy atom. The van der Waals surface area contributed by atoms with E-state index in [1.165, 1.54) is 22.8 Å². The van der Waals surface area contributed by atoms with E-state index < -0.39 is 0 Å². The van der Waals surface area contributed by atoms with Crippen molar-refractivity contribution in [3.8, 4) is 11.3 Å². The average Bonchev–Trinajstić information content (AvgIpc) is 3.54. The van der Waals surface area contributed by atoms with Crippen LogP contribution in [0.3, 0.4) is 0 Å². The van der Waals surface area contributed by atoms with Crippen molar-refractivity contribution in [3.05, 3.63) is 99.2 Å². The van der Waals surface area contributed by atoms with E-state index in [0.29, 0.717) is 23.5 Å². The molecule has 1 unspecified atom stereocenters. The zero-order valence-electron chi connectivity index (χ0n) is 20.2. The van der Waals surface area contributed by atoms with Gasteiger partial charge in [0.1, 0.15) is 11.3 Å². The van der Waals surface area contributed by atoms with Gasteiger partial charge in [-0.05, 0) is 73.1 Å². The lowest BCUT2D eigenvalue weighted by Crippen LogP contribution is -2.34. The predicted molar refractivity (Wildman–Crippen MR) is 140 cm³/mol. The van der Waals surface area contributed by atoms with Crippen LogP contribution < -0.4 is 10.9 Å². The molecule has 1 aliphatic rings. The SMILES string of the molecule is Cc1ncc(CNC(CO)Cc2ccccc2)c2cc(-c3cc(=O)oc4cc5c(cc34)CCC5)oc12. The summed E-state index contributed by atoms with van der Waals surface area (Å²) in [5, 5.41) is 15.2. The highest BCUT2D eigenvalue weighted by atomic mass is 16.4. The Labute approximate surface area is 208 Å². The number of benzene rings is 2. The van der Waals surface area contributed by atoms with Gasteiger partial charge >= 0.3 is 5.63 Å². The van der Waals surface area contributed by atoms with Crippen LogP contribution in [0.15, 0.2) is 74.4 Å². The van der Waals surface area contributed by atoms with E-state index in [0.717, 1.165) is 53.3 Å². The molecule has 0 saturated carbocycles. The molecule has 0 fully saturated rings. The number of hydrogen-bond donors (Lipinski definition) is 2. The number of nitrogens with zero attached hydrogens (tertiary/aromatic N) is 1. The van der Waals surface area contributed by atoms with Crippen LogP contribution >= 0.6 is 0 Å². The van der Waals surface area contributed by atoms with Crippen LogP contribution in [0.2, 0.25) is 0 Å². The molecule has 5 aromatic rings. The first-order valence-corrected chi connectivity index (χ1v) is 12.5. The molecule has 0 radical (unpaired) electrons. The van der Waals surface area contributed by atoms with Crippen molar-refractivity contribution in [2.75, 3.05) is 6.61 Å². The number of nitrogens with one attached hydrogen (secondary N) is 1. The van der Waals surface area contributed by atoms with Gasteiger partial charge in [0.15, 0.2) is 5.58 Å². The van der Waals surface area contributed by atoms with Crippen molar-refractivity contribution in [1.82, 2.24) is 10.3 Å². The van der Waals surface area contributed by atoms with Gasteiger partial charge in [-0.15, -0.1) is 0 Å². The Hall–Kier alpha value is -3.74. The minimum Gasteiger partial charge on any atom is -0.454 e. The highest BCUT2D eigenvalue weighted by molar-refractivity contribution is 5.96. The number of hydrogen-bond acceptors (Lipinski definition) is 6. The fourth-order valence-electron chi connectivity index (χ4n) is 5.26. The smallest absolute Gasteiger partial charge is 0.336 e. The van der Waals surface area contributed by atoms with Crippen LogP contribution in [-0.2, 0) is 25.8 Å². The Morgan fingerprint density at radius 3 is 2.64 bits per heavy atom. The molecule has 6 rings (SSSR count). The molecule has 0 saturated heterocycles. The molecular formula is C30H28N2O4. The summed E-state index contributed by atoms with van der Waals surface area (Å²) >= 11 is 0. The van der Waals surface area contributed by atoms with Gasteiger partial charge in [0, 0.05) is 41.2 Å². The minimum absolute atomic E-state index is 0.0318. The number of aryl methyl sites for hydroxylation is 3. The molecule has 0 amide bonds. The van der Waals surface area contributed by atoms with E-state index >= 15 is 0 Å². The third-order valence-corrected chi connectivity index (χ3v) is 7.17. The monoisotopic (exact) mass is 480 g/mol. The quantitative estimate of drug-likeness (QED) is 0.316. The Morgan fingerprint density at radius 1 is 1.03 bits per heavy atom. The lowest BCUT2D eigenvalue weighted by molar-refractivity contribution is 0.241. The topological polar surface area (TPSA) is 88.5 Å². The summed E-state index contributed by atoms with van der Waals surface area (Å²) in [5.74, 6) is 0.626. The second kappa shape index (κ2) is 9.37. The molecule has 2 aromatic carbocycles. The van der Waals surface area contributed by atoms with Crippen LogP contribution in [0, 0.1) is 6.92 Å². The van der Waals surface area contributed by atoms with Crippen molar-refractivity contribution in [2.24, 2.45) is 0 Å². The van der Waals surface area contributed by atoms with Crippen molar-refractivity contribution >= 4 is 21.9 Å². The van der Waals surface area contributed by atoms with Crippen LogP contribution in [0.25, 0.3) is 33.3 Å². The summed E-state index contributed by atoms with van der Waals surface area (Å²) in [4.78, 5) is 17.0. The highest BCUT2D eigenvalue weighted by Crippen LogP contribution is 2.36. The van der Waals surface area contributed by atoms with Crippen LogP contribution in [0.5, 0.6) is 0 Å². The second-order valence-corrected chi connectivity index (χ2v) is 9.62. The standard InChI is InChI=1S/C30H28N2O4/c1-18-30-24(22(15-31-18)16-32-23(17-33)10-19-6-3-2-4-7-19)13-28(36-30)26-14-29(34)35-27-12-21-9-5-8-20(21)11-25(26)27/h2-4,6-7,11-15,23,32-33H,5,8-10,16-17H2,1H3. The third kappa shape index (κ3) is 4.23. The van der Waals surface area contributed by atoms with Gasteiger partial charge in [0.2, 0.25) is 0 Å². The van der Waals surface area contributed by atoms with Crippen molar-refractivity contribution in [3.63, 3.8) is 0 Å². The molecule has 3 aromatic heterocycles. The van der Waals surface area contributed by atoms with Crippen LogP contribution in [0.1, 0.15) is 34.4 Å². The first-order valence-electron chi connectivity index (χ1n) is 12.5. The van der Waals surface area contributed by atoms with Crippen molar-refractivity contribution in [1.29, 1.82) is 0 Å². The predicted octanol–water partition coefficient (Wildman–Crippen LogP) is 5.09. The van der Waals surface area contributed by atoms with Gasteiger partial charge in [0.25, 0.3) is 0 Å². The second-order valence-electron chi connectivity index (χ2n) is 9.62. The lowest BCUT2D eigenvalue weighted by atomic mass is 10.0. The molecule has 0 bridgehead atoms. The van der Waals surface area contributed by atoms with Gasteiger partial charge in [-0.25, -0.2) is 4.79 Å². The maximum absolute atomic E-state index is 12.4. The molecular weight excluding hydrogens is 452 g/mol. The molecule has 0 aliphatic heterocycles. The summed E-state index contributed by atoms with van der Waals surface area (Å²) in [7, 11) is 0. The molecule has 1 aliphatic carbocycles. The zero-order chi connectivity index (χ0) is 24.6. The minimum atomic E-state index is -0.390. The molecule has 3 heterocycles. The normalized spacial score (nSPS) is 13.9. The largest absolute Gasteiger partial charge is 0.454 e. The Bertz CT molecular complexity index is 1620. The molecule has 6 heteroatoms. The van der Waals surface area contributed by atoms with Gasteiger partial charge < -0.3 is 19.3 Å². The van der Waals surface area contributed by atoms with E-state index in [-0.39, 0.29) is 18.3 Å². The lowest BCUT2D eigenvalue weighted by Gasteiger charge is -2.16. The van der Waals surface area contributed by atoms with E-state index in [4.69, 9.17) is 8.83 Å². The fourth-order valence-corrected chi connectivity index (χ4v) is 5.26. The van der Waals surface area contributed by atoms with Crippen molar-refractivity contribution in [2.45, 2.75) is 45.2 Å². The van der Waals surface area contributed by atoms with Crippen LogP contribution in [0.4, 0.5) is 0 Å². The summed E-state index contributed by atoms with van der Waals surface area (Å²) < 4.78 is 11.9. The molecule has 2 N–H and O–H groups in total.